The van der Waals surface area contributed by atoms with E-state index in [0.29, 0.717) is 19.6 Å². The van der Waals surface area contributed by atoms with Crippen LogP contribution in [0.15, 0.2) is 0 Å². The molecule has 110 valence electrons. The van der Waals surface area contributed by atoms with Crippen LogP contribution in [0.5, 0.6) is 0 Å². The van der Waals surface area contributed by atoms with Crippen LogP contribution in [0, 0.1) is 5.92 Å². The summed E-state index contributed by atoms with van der Waals surface area (Å²) in [7, 11) is 0. The summed E-state index contributed by atoms with van der Waals surface area (Å²) in [6.45, 7) is 5.67. The van der Waals surface area contributed by atoms with Crippen molar-refractivity contribution in [2.24, 2.45) is 17.4 Å². The van der Waals surface area contributed by atoms with Gasteiger partial charge >= 0.3 is 0 Å². The summed E-state index contributed by atoms with van der Waals surface area (Å²) in [5, 5.41) is 0. The second-order valence-corrected chi connectivity index (χ2v) is 5.14. The third kappa shape index (κ3) is 5.16. The van der Waals surface area contributed by atoms with E-state index in [1.165, 1.54) is 0 Å². The van der Waals surface area contributed by atoms with Gasteiger partial charge in [0.25, 0.3) is 0 Å². The van der Waals surface area contributed by atoms with Gasteiger partial charge in [0.1, 0.15) is 0 Å². The summed E-state index contributed by atoms with van der Waals surface area (Å²) in [6.07, 6.45) is 2.69. The van der Waals surface area contributed by atoms with E-state index < -0.39 is 0 Å². The Labute approximate surface area is 115 Å². The number of rotatable bonds is 6. The minimum atomic E-state index is -0.314. The largest absolute Gasteiger partial charge is 0.369 e. The Hall–Kier alpha value is -1.14. The highest BCUT2D eigenvalue weighted by Gasteiger charge is 2.24. The molecule has 4 N–H and O–H groups in total. The molecule has 1 heterocycles. The molecular weight excluding hydrogens is 244 g/mol. The second-order valence-electron chi connectivity index (χ2n) is 5.14. The molecule has 0 aliphatic carbocycles. The minimum absolute atomic E-state index is 0.0623. The number of hydrogen-bond donors (Lipinski definition) is 2. The Bertz CT molecular complexity index is 309. The molecule has 1 fully saturated rings. The first-order valence-electron chi connectivity index (χ1n) is 7.08. The predicted octanol–water partition coefficient (Wildman–Crippen LogP) is -0.619. The van der Waals surface area contributed by atoms with E-state index in [9.17, 15) is 9.59 Å². The third-order valence-electron chi connectivity index (χ3n) is 3.55. The van der Waals surface area contributed by atoms with Crippen molar-refractivity contribution < 1.29 is 9.59 Å². The monoisotopic (exact) mass is 270 g/mol. The molecule has 1 saturated heterocycles. The molecule has 6 heteroatoms. The van der Waals surface area contributed by atoms with Gasteiger partial charge in [-0.1, -0.05) is 13.3 Å². The van der Waals surface area contributed by atoms with E-state index in [2.05, 4.69) is 6.92 Å². The van der Waals surface area contributed by atoms with Gasteiger partial charge in [-0.25, -0.2) is 0 Å². The number of nitrogens with two attached hydrogens (primary N) is 2. The number of carbonyl (C=O) groups excluding carboxylic acids is 2. The van der Waals surface area contributed by atoms with Crippen LogP contribution in [-0.4, -0.2) is 60.9 Å². The van der Waals surface area contributed by atoms with Crippen molar-refractivity contribution in [2.45, 2.75) is 26.2 Å². The molecule has 1 aliphatic rings. The smallest absolute Gasteiger partial charge is 0.231 e. The van der Waals surface area contributed by atoms with E-state index in [1.807, 2.05) is 9.80 Å². The van der Waals surface area contributed by atoms with Crippen molar-refractivity contribution in [3.05, 3.63) is 0 Å². The summed E-state index contributed by atoms with van der Waals surface area (Å²) in [4.78, 5) is 27.1. The van der Waals surface area contributed by atoms with Crippen LogP contribution in [-0.2, 0) is 9.59 Å². The maximum absolute atomic E-state index is 12.3. The molecule has 6 nitrogen and oxygen atoms in total. The maximum atomic E-state index is 12.3. The molecule has 1 rings (SSSR count). The van der Waals surface area contributed by atoms with Crippen molar-refractivity contribution in [1.29, 1.82) is 0 Å². The number of carbonyl (C=O) groups is 2. The lowest BCUT2D eigenvalue weighted by Gasteiger charge is -2.25. The first-order chi connectivity index (χ1) is 9.08. The van der Waals surface area contributed by atoms with E-state index in [-0.39, 0.29) is 24.3 Å². The van der Waals surface area contributed by atoms with Crippen molar-refractivity contribution in [3.8, 4) is 0 Å². The summed E-state index contributed by atoms with van der Waals surface area (Å²) in [5.74, 6) is -0.219. The van der Waals surface area contributed by atoms with Crippen LogP contribution in [0.3, 0.4) is 0 Å². The van der Waals surface area contributed by atoms with E-state index in [1.54, 1.807) is 0 Å². The van der Waals surface area contributed by atoms with Crippen LogP contribution in [0.1, 0.15) is 26.2 Å². The van der Waals surface area contributed by atoms with Gasteiger partial charge in [0, 0.05) is 32.7 Å². The zero-order valence-electron chi connectivity index (χ0n) is 11.8. The van der Waals surface area contributed by atoms with E-state index in [4.69, 9.17) is 11.5 Å². The first kappa shape index (κ1) is 15.9. The van der Waals surface area contributed by atoms with Crippen molar-refractivity contribution in [1.82, 2.24) is 9.80 Å². The highest BCUT2D eigenvalue weighted by Crippen LogP contribution is 2.12. The molecule has 1 atom stereocenters. The molecule has 0 aromatic rings. The molecule has 1 aliphatic heterocycles. The maximum Gasteiger partial charge on any atom is 0.231 e. The number of nitrogens with zero attached hydrogens (tertiary/aromatic N) is 2. The molecule has 0 saturated carbocycles. The lowest BCUT2D eigenvalue weighted by molar-refractivity contribution is -0.135. The molecule has 19 heavy (non-hydrogen) atoms. The normalized spacial score (nSPS) is 18.9. The molecule has 0 bridgehead atoms. The average molecular weight is 270 g/mol. The summed E-state index contributed by atoms with van der Waals surface area (Å²) in [6, 6.07) is 0. The molecule has 0 spiro atoms. The van der Waals surface area contributed by atoms with Crippen molar-refractivity contribution in [3.63, 3.8) is 0 Å². The molecule has 0 radical (unpaired) electrons. The number of primary amides is 1. The van der Waals surface area contributed by atoms with Gasteiger partial charge in [0.15, 0.2) is 0 Å². The summed E-state index contributed by atoms with van der Waals surface area (Å²) >= 11 is 0. The standard InChI is InChI=1S/C13H26N4O2/c1-2-4-11(9-14)13(19)17-6-3-5-16(7-8-17)10-12(15)18/h11H,2-10,14H2,1H3,(H2,15,18). The lowest BCUT2D eigenvalue weighted by atomic mass is 10.0. The van der Waals surface area contributed by atoms with Crippen LogP contribution >= 0.6 is 0 Å². The Morgan fingerprint density at radius 2 is 1.95 bits per heavy atom. The summed E-state index contributed by atoms with van der Waals surface area (Å²) < 4.78 is 0. The lowest BCUT2D eigenvalue weighted by Crippen LogP contribution is -2.42. The Morgan fingerprint density at radius 3 is 2.53 bits per heavy atom. The SMILES string of the molecule is CCCC(CN)C(=O)N1CCCN(CC(N)=O)CC1. The Kier molecular flexibility index (Phi) is 6.80. The average Bonchev–Trinajstić information content (AvgIpc) is 2.60. The second kappa shape index (κ2) is 8.12. The van der Waals surface area contributed by atoms with Gasteiger partial charge in [-0.15, -0.1) is 0 Å². The highest BCUT2D eigenvalue weighted by atomic mass is 16.2. The predicted molar refractivity (Wildman–Crippen MR) is 74.3 cm³/mol. The van der Waals surface area contributed by atoms with Crippen molar-refractivity contribution >= 4 is 11.8 Å². The quantitative estimate of drug-likeness (QED) is 0.673. The van der Waals surface area contributed by atoms with Gasteiger partial charge in [-0.05, 0) is 12.8 Å². The van der Waals surface area contributed by atoms with Crippen LogP contribution in [0.25, 0.3) is 0 Å². The van der Waals surface area contributed by atoms with Gasteiger partial charge in [-0.3, -0.25) is 14.5 Å². The fourth-order valence-corrected chi connectivity index (χ4v) is 2.52. The van der Waals surface area contributed by atoms with Gasteiger partial charge < -0.3 is 16.4 Å². The van der Waals surface area contributed by atoms with Crippen molar-refractivity contribution in [2.75, 3.05) is 39.3 Å². The van der Waals surface area contributed by atoms with E-state index >= 15 is 0 Å². The molecule has 0 aromatic carbocycles. The zero-order chi connectivity index (χ0) is 14.3. The Morgan fingerprint density at radius 1 is 1.21 bits per heavy atom. The Balaban J connectivity index is 2.51. The summed E-state index contributed by atoms with van der Waals surface area (Å²) in [5.41, 5.74) is 10.9. The zero-order valence-corrected chi connectivity index (χ0v) is 11.8. The molecule has 1 unspecified atom stereocenters. The van der Waals surface area contributed by atoms with Gasteiger partial charge in [0.05, 0.1) is 12.5 Å². The molecular formula is C13H26N4O2. The van der Waals surface area contributed by atoms with Crippen LogP contribution in [0.4, 0.5) is 0 Å². The minimum Gasteiger partial charge on any atom is -0.369 e. The first-order valence-corrected chi connectivity index (χ1v) is 7.08. The van der Waals surface area contributed by atoms with Gasteiger partial charge in [-0.2, -0.15) is 0 Å². The van der Waals surface area contributed by atoms with E-state index in [0.717, 1.165) is 32.4 Å². The molecule has 2 amide bonds. The fourth-order valence-electron chi connectivity index (χ4n) is 2.52. The number of hydrogen-bond acceptors (Lipinski definition) is 4. The van der Waals surface area contributed by atoms with Crippen LogP contribution in [0.2, 0.25) is 0 Å². The van der Waals surface area contributed by atoms with Gasteiger partial charge in [0.2, 0.25) is 11.8 Å². The fraction of sp³-hybridized carbons (Fsp3) is 0.846. The number of amides is 2. The third-order valence-corrected chi connectivity index (χ3v) is 3.55. The topological polar surface area (TPSA) is 92.7 Å². The molecule has 0 aromatic heterocycles. The highest BCUT2D eigenvalue weighted by molar-refractivity contribution is 5.79. The van der Waals surface area contributed by atoms with Crippen LogP contribution < -0.4 is 11.5 Å².